The van der Waals surface area contributed by atoms with Crippen LogP contribution < -0.4 is 4.90 Å². The van der Waals surface area contributed by atoms with Crippen molar-refractivity contribution < 1.29 is 0 Å². The van der Waals surface area contributed by atoms with Crippen molar-refractivity contribution in [3.63, 3.8) is 0 Å². The first kappa shape index (κ1) is 17.8. The summed E-state index contributed by atoms with van der Waals surface area (Å²) in [5.74, 6) is 2.77. The zero-order valence-electron chi connectivity index (χ0n) is 16.8. The van der Waals surface area contributed by atoms with E-state index in [1.165, 1.54) is 22.8 Å². The summed E-state index contributed by atoms with van der Waals surface area (Å²) in [6, 6.07) is 10.9. The number of anilines is 1. The van der Waals surface area contributed by atoms with E-state index in [9.17, 15) is 0 Å². The van der Waals surface area contributed by atoms with Gasteiger partial charge in [0, 0.05) is 30.8 Å². The maximum Gasteiger partial charge on any atom is 0.132 e. The number of nitrogens with one attached hydrogen (secondary N) is 1. The SMILES string of the molecule is CCc1cccc(-n2nc(C)cc2N2CCC(c3nc(C)[nH]c3C)CC2)c1. The number of benzene rings is 1. The van der Waals surface area contributed by atoms with Gasteiger partial charge in [-0.05, 0) is 57.7 Å². The fraction of sp³-hybridized carbons (Fsp3) is 0.455. The third kappa shape index (κ3) is 3.51. The van der Waals surface area contributed by atoms with Crippen molar-refractivity contribution in [1.29, 1.82) is 0 Å². The van der Waals surface area contributed by atoms with Gasteiger partial charge in [0.25, 0.3) is 0 Å². The van der Waals surface area contributed by atoms with Crippen LogP contribution in [0.3, 0.4) is 0 Å². The van der Waals surface area contributed by atoms with Gasteiger partial charge in [-0.25, -0.2) is 9.67 Å². The van der Waals surface area contributed by atoms with Crippen LogP contribution in [0.5, 0.6) is 0 Å². The number of nitrogens with zero attached hydrogens (tertiary/aromatic N) is 4. The first-order chi connectivity index (χ1) is 13.0. The third-order valence-electron chi connectivity index (χ3n) is 5.62. The van der Waals surface area contributed by atoms with Crippen LogP contribution in [-0.2, 0) is 6.42 Å². The Labute approximate surface area is 161 Å². The summed E-state index contributed by atoms with van der Waals surface area (Å²) in [6.07, 6.45) is 3.30. The number of H-pyrrole nitrogens is 1. The van der Waals surface area contributed by atoms with Gasteiger partial charge in [-0.3, -0.25) is 0 Å². The molecule has 1 N–H and O–H groups in total. The maximum atomic E-state index is 4.78. The Morgan fingerprint density at radius 2 is 1.89 bits per heavy atom. The van der Waals surface area contributed by atoms with Crippen molar-refractivity contribution in [2.45, 2.75) is 52.9 Å². The molecule has 142 valence electrons. The van der Waals surface area contributed by atoms with E-state index in [2.05, 4.69) is 65.7 Å². The summed E-state index contributed by atoms with van der Waals surface area (Å²) < 4.78 is 2.11. The van der Waals surface area contributed by atoms with Gasteiger partial charge in [0.05, 0.1) is 17.1 Å². The largest absolute Gasteiger partial charge is 0.356 e. The van der Waals surface area contributed by atoms with Gasteiger partial charge in [-0.15, -0.1) is 0 Å². The molecule has 5 heteroatoms. The molecule has 1 aromatic carbocycles. The summed E-state index contributed by atoms with van der Waals surface area (Å²) in [5, 5.41) is 4.78. The van der Waals surface area contributed by atoms with E-state index in [4.69, 9.17) is 10.1 Å². The van der Waals surface area contributed by atoms with E-state index in [0.717, 1.165) is 49.6 Å². The van der Waals surface area contributed by atoms with Crippen molar-refractivity contribution in [2.75, 3.05) is 18.0 Å². The number of rotatable bonds is 4. The summed E-state index contributed by atoms with van der Waals surface area (Å²) >= 11 is 0. The highest BCUT2D eigenvalue weighted by Gasteiger charge is 2.26. The highest BCUT2D eigenvalue weighted by Crippen LogP contribution is 2.32. The number of aromatic amines is 1. The lowest BCUT2D eigenvalue weighted by Crippen LogP contribution is -2.34. The zero-order valence-corrected chi connectivity index (χ0v) is 16.8. The van der Waals surface area contributed by atoms with E-state index in [1.807, 2.05) is 6.92 Å². The van der Waals surface area contributed by atoms with E-state index < -0.39 is 0 Å². The lowest BCUT2D eigenvalue weighted by molar-refractivity contribution is 0.490. The summed E-state index contributed by atoms with van der Waals surface area (Å²) in [7, 11) is 0. The van der Waals surface area contributed by atoms with Crippen LogP contribution >= 0.6 is 0 Å². The fourth-order valence-corrected chi connectivity index (χ4v) is 4.22. The minimum absolute atomic E-state index is 0.548. The van der Waals surface area contributed by atoms with Crippen molar-refractivity contribution >= 4 is 5.82 Å². The van der Waals surface area contributed by atoms with Crippen molar-refractivity contribution in [3.05, 3.63) is 58.8 Å². The molecule has 1 aliphatic rings. The van der Waals surface area contributed by atoms with E-state index in [-0.39, 0.29) is 0 Å². The summed E-state index contributed by atoms with van der Waals surface area (Å²) in [4.78, 5) is 10.6. The molecular weight excluding hydrogens is 334 g/mol. The predicted molar refractivity (Wildman–Crippen MR) is 110 cm³/mol. The van der Waals surface area contributed by atoms with E-state index >= 15 is 0 Å². The second kappa shape index (κ2) is 7.22. The average Bonchev–Trinajstić information content (AvgIpc) is 3.23. The quantitative estimate of drug-likeness (QED) is 0.744. The Bertz CT molecular complexity index is 928. The molecule has 1 aliphatic heterocycles. The van der Waals surface area contributed by atoms with Crippen molar-refractivity contribution in [3.8, 4) is 5.69 Å². The molecule has 27 heavy (non-hydrogen) atoms. The molecule has 0 atom stereocenters. The smallest absolute Gasteiger partial charge is 0.132 e. The Morgan fingerprint density at radius 1 is 1.11 bits per heavy atom. The van der Waals surface area contributed by atoms with Crippen LogP contribution in [0.15, 0.2) is 30.3 Å². The van der Waals surface area contributed by atoms with Crippen LogP contribution in [0.25, 0.3) is 5.69 Å². The number of piperidine rings is 1. The molecule has 2 aromatic heterocycles. The zero-order chi connectivity index (χ0) is 19.0. The van der Waals surface area contributed by atoms with Gasteiger partial charge < -0.3 is 9.88 Å². The molecule has 3 heterocycles. The highest BCUT2D eigenvalue weighted by molar-refractivity contribution is 5.50. The van der Waals surface area contributed by atoms with Crippen LogP contribution in [0.2, 0.25) is 0 Å². The molecule has 0 aliphatic carbocycles. The molecule has 3 aromatic rings. The number of aryl methyl sites for hydroxylation is 4. The van der Waals surface area contributed by atoms with Crippen LogP contribution in [0.4, 0.5) is 5.82 Å². The number of aromatic nitrogens is 4. The highest BCUT2D eigenvalue weighted by atomic mass is 15.4. The van der Waals surface area contributed by atoms with E-state index in [0.29, 0.717) is 5.92 Å². The molecule has 0 unspecified atom stereocenters. The third-order valence-corrected chi connectivity index (χ3v) is 5.62. The van der Waals surface area contributed by atoms with E-state index in [1.54, 1.807) is 0 Å². The topological polar surface area (TPSA) is 49.7 Å². The molecule has 4 rings (SSSR count). The van der Waals surface area contributed by atoms with Gasteiger partial charge in [0.1, 0.15) is 11.6 Å². The molecule has 0 amide bonds. The molecule has 1 saturated heterocycles. The standard InChI is InChI=1S/C22H29N5/c1-5-18-7-6-8-20(14-18)27-21(13-15(2)25-27)26-11-9-19(10-12-26)22-16(3)23-17(4)24-22/h6-8,13-14,19H,5,9-12H2,1-4H3,(H,23,24). The molecular formula is C22H29N5. The van der Waals surface area contributed by atoms with Gasteiger partial charge >= 0.3 is 0 Å². The Balaban J connectivity index is 1.56. The van der Waals surface area contributed by atoms with Gasteiger partial charge in [0.2, 0.25) is 0 Å². The first-order valence-corrected chi connectivity index (χ1v) is 9.99. The lowest BCUT2D eigenvalue weighted by atomic mass is 9.92. The van der Waals surface area contributed by atoms with Crippen molar-refractivity contribution in [2.24, 2.45) is 0 Å². The second-order valence-electron chi connectivity index (χ2n) is 7.67. The van der Waals surface area contributed by atoms with Gasteiger partial charge in [-0.1, -0.05) is 19.1 Å². The van der Waals surface area contributed by atoms with Gasteiger partial charge in [0.15, 0.2) is 0 Å². The number of hydrogen-bond acceptors (Lipinski definition) is 3. The van der Waals surface area contributed by atoms with Crippen LogP contribution in [0, 0.1) is 20.8 Å². The summed E-state index contributed by atoms with van der Waals surface area (Å²) in [6.45, 7) is 10.5. The van der Waals surface area contributed by atoms with Gasteiger partial charge in [-0.2, -0.15) is 5.10 Å². The second-order valence-corrected chi connectivity index (χ2v) is 7.67. The maximum absolute atomic E-state index is 4.78. The number of imidazole rings is 1. The summed E-state index contributed by atoms with van der Waals surface area (Å²) in [5.41, 5.74) is 6.04. The minimum Gasteiger partial charge on any atom is -0.356 e. The van der Waals surface area contributed by atoms with Crippen molar-refractivity contribution in [1.82, 2.24) is 19.7 Å². The molecule has 1 fully saturated rings. The number of hydrogen-bond donors (Lipinski definition) is 1. The fourth-order valence-electron chi connectivity index (χ4n) is 4.22. The Kier molecular flexibility index (Phi) is 4.77. The molecule has 0 spiro atoms. The average molecular weight is 364 g/mol. The monoisotopic (exact) mass is 363 g/mol. The molecule has 0 radical (unpaired) electrons. The normalized spacial score (nSPS) is 15.5. The lowest BCUT2D eigenvalue weighted by Gasteiger charge is -2.33. The molecule has 5 nitrogen and oxygen atoms in total. The predicted octanol–water partition coefficient (Wildman–Crippen LogP) is 4.47. The van der Waals surface area contributed by atoms with Crippen LogP contribution in [0.1, 0.15) is 54.2 Å². The minimum atomic E-state index is 0.548. The Hall–Kier alpha value is -2.56. The van der Waals surface area contributed by atoms with Crippen LogP contribution in [-0.4, -0.2) is 32.8 Å². The molecule has 0 bridgehead atoms. The molecule has 0 saturated carbocycles. The first-order valence-electron chi connectivity index (χ1n) is 9.99. The Morgan fingerprint density at radius 3 is 2.56 bits per heavy atom.